The van der Waals surface area contributed by atoms with Gasteiger partial charge >= 0.3 is 0 Å². The zero-order valence-electron chi connectivity index (χ0n) is 8.30. The van der Waals surface area contributed by atoms with Crippen LogP contribution in [0.1, 0.15) is 0 Å². The predicted octanol–water partition coefficient (Wildman–Crippen LogP) is -0.0342. The molecule has 1 rings (SSSR count). The molecule has 6 heteroatoms. The Hall–Kier alpha value is -1.11. The van der Waals surface area contributed by atoms with E-state index in [1.807, 2.05) is 0 Å². The standard InChI is InChI=1S/C9H13NO4S/c1-14-8-4-2-3-5-9(8)15(12,13)10-6-7-11/h2-5,10-11H,6-7H2,1H3. The number of benzene rings is 1. The molecule has 0 aliphatic heterocycles. The van der Waals surface area contributed by atoms with Gasteiger partial charge in [-0.2, -0.15) is 0 Å². The van der Waals surface area contributed by atoms with E-state index >= 15 is 0 Å². The molecule has 0 atom stereocenters. The number of hydrogen-bond donors (Lipinski definition) is 2. The predicted molar refractivity (Wildman–Crippen MR) is 55.3 cm³/mol. The maximum atomic E-state index is 11.7. The summed E-state index contributed by atoms with van der Waals surface area (Å²) in [6.07, 6.45) is 0. The van der Waals surface area contributed by atoms with Crippen molar-refractivity contribution in [2.45, 2.75) is 4.90 Å². The van der Waals surface area contributed by atoms with E-state index in [9.17, 15) is 8.42 Å². The van der Waals surface area contributed by atoms with Crippen LogP contribution in [0.4, 0.5) is 0 Å². The highest BCUT2D eigenvalue weighted by atomic mass is 32.2. The van der Waals surface area contributed by atoms with Crippen molar-refractivity contribution < 1.29 is 18.3 Å². The first kappa shape index (κ1) is 12.0. The minimum absolute atomic E-state index is 0.0135. The van der Waals surface area contributed by atoms with Gasteiger partial charge in [-0.05, 0) is 12.1 Å². The fourth-order valence-corrected chi connectivity index (χ4v) is 2.29. The molecule has 0 saturated heterocycles. The number of methoxy groups -OCH3 is 1. The minimum atomic E-state index is -3.60. The van der Waals surface area contributed by atoms with Crippen LogP contribution in [0.25, 0.3) is 0 Å². The third kappa shape index (κ3) is 2.92. The van der Waals surface area contributed by atoms with E-state index in [2.05, 4.69) is 4.72 Å². The fourth-order valence-electron chi connectivity index (χ4n) is 1.10. The Labute approximate surface area is 88.7 Å². The summed E-state index contributed by atoms with van der Waals surface area (Å²) in [6.45, 7) is -0.255. The maximum absolute atomic E-state index is 11.7. The zero-order chi connectivity index (χ0) is 11.3. The Bertz CT molecular complexity index is 416. The van der Waals surface area contributed by atoms with Gasteiger partial charge in [-0.15, -0.1) is 0 Å². The largest absolute Gasteiger partial charge is 0.495 e. The summed E-state index contributed by atoms with van der Waals surface area (Å²) in [5.74, 6) is 0.280. The van der Waals surface area contributed by atoms with Crippen LogP contribution in [0.5, 0.6) is 5.75 Å². The van der Waals surface area contributed by atoms with Crippen LogP contribution >= 0.6 is 0 Å². The van der Waals surface area contributed by atoms with Gasteiger partial charge in [0.25, 0.3) is 0 Å². The molecule has 0 saturated carbocycles. The number of para-hydroxylation sites is 1. The number of ether oxygens (including phenoxy) is 1. The summed E-state index contributed by atoms with van der Waals surface area (Å²) in [4.78, 5) is 0.0703. The first-order valence-corrected chi connectivity index (χ1v) is 5.83. The SMILES string of the molecule is COc1ccccc1S(=O)(=O)NCCO. The lowest BCUT2D eigenvalue weighted by Crippen LogP contribution is -2.26. The van der Waals surface area contributed by atoms with Gasteiger partial charge in [0.05, 0.1) is 13.7 Å². The van der Waals surface area contributed by atoms with E-state index < -0.39 is 10.0 Å². The summed E-state index contributed by atoms with van der Waals surface area (Å²) in [5, 5.41) is 8.54. The number of aliphatic hydroxyl groups excluding tert-OH is 1. The Kier molecular flexibility index (Phi) is 4.07. The minimum Gasteiger partial charge on any atom is -0.495 e. The Morgan fingerprint density at radius 2 is 2.07 bits per heavy atom. The monoisotopic (exact) mass is 231 g/mol. The van der Waals surface area contributed by atoms with Gasteiger partial charge in [0.2, 0.25) is 10.0 Å². The fraction of sp³-hybridized carbons (Fsp3) is 0.333. The first-order chi connectivity index (χ1) is 7.11. The van der Waals surface area contributed by atoms with E-state index in [0.717, 1.165) is 0 Å². The van der Waals surface area contributed by atoms with Crippen LogP contribution in [0.2, 0.25) is 0 Å². The van der Waals surface area contributed by atoms with Crippen molar-refractivity contribution in [1.29, 1.82) is 0 Å². The second kappa shape index (κ2) is 5.11. The lowest BCUT2D eigenvalue weighted by molar-refractivity contribution is 0.301. The smallest absolute Gasteiger partial charge is 0.244 e. The topological polar surface area (TPSA) is 75.6 Å². The third-order valence-corrected chi connectivity index (χ3v) is 3.26. The van der Waals surface area contributed by atoms with Crippen molar-refractivity contribution in [3.63, 3.8) is 0 Å². The molecule has 0 aromatic heterocycles. The van der Waals surface area contributed by atoms with Gasteiger partial charge in [0.15, 0.2) is 0 Å². The molecule has 5 nitrogen and oxygen atoms in total. The van der Waals surface area contributed by atoms with Crippen LogP contribution < -0.4 is 9.46 Å². The first-order valence-electron chi connectivity index (χ1n) is 4.35. The molecule has 0 amide bonds. The van der Waals surface area contributed by atoms with Gasteiger partial charge in [0, 0.05) is 6.54 Å². The van der Waals surface area contributed by atoms with Crippen molar-refractivity contribution in [3.05, 3.63) is 24.3 Å². The molecule has 0 bridgehead atoms. The van der Waals surface area contributed by atoms with Gasteiger partial charge in [0.1, 0.15) is 10.6 Å². The van der Waals surface area contributed by atoms with Crippen molar-refractivity contribution in [2.75, 3.05) is 20.3 Å². The van der Waals surface area contributed by atoms with E-state index in [0.29, 0.717) is 0 Å². The van der Waals surface area contributed by atoms with Crippen LogP contribution in [-0.2, 0) is 10.0 Å². The Morgan fingerprint density at radius 3 is 2.67 bits per heavy atom. The molecular formula is C9H13NO4S. The van der Waals surface area contributed by atoms with E-state index in [1.54, 1.807) is 18.2 Å². The van der Waals surface area contributed by atoms with E-state index in [4.69, 9.17) is 9.84 Å². The molecule has 0 heterocycles. The second-order valence-electron chi connectivity index (χ2n) is 2.77. The van der Waals surface area contributed by atoms with Crippen LogP contribution in [0.15, 0.2) is 29.2 Å². The van der Waals surface area contributed by atoms with Crippen molar-refractivity contribution >= 4 is 10.0 Å². The molecule has 0 aliphatic carbocycles. The lowest BCUT2D eigenvalue weighted by Gasteiger charge is -2.09. The molecule has 0 aliphatic rings. The molecule has 0 fully saturated rings. The number of aliphatic hydroxyl groups is 1. The molecule has 1 aromatic carbocycles. The number of rotatable bonds is 5. The molecule has 0 unspecified atom stereocenters. The van der Waals surface area contributed by atoms with Crippen LogP contribution in [0.3, 0.4) is 0 Å². The highest BCUT2D eigenvalue weighted by molar-refractivity contribution is 7.89. The van der Waals surface area contributed by atoms with Gasteiger partial charge in [-0.1, -0.05) is 12.1 Å². The molecule has 84 valence electrons. The molecule has 15 heavy (non-hydrogen) atoms. The number of nitrogens with one attached hydrogen (secondary N) is 1. The van der Waals surface area contributed by atoms with Gasteiger partial charge < -0.3 is 9.84 Å². The van der Waals surface area contributed by atoms with Crippen LogP contribution in [0, 0.1) is 0 Å². The van der Waals surface area contributed by atoms with Gasteiger partial charge in [-0.25, -0.2) is 13.1 Å². The molecule has 0 spiro atoms. The summed E-state index contributed by atoms with van der Waals surface area (Å²) in [5.41, 5.74) is 0. The maximum Gasteiger partial charge on any atom is 0.244 e. The summed E-state index contributed by atoms with van der Waals surface area (Å²) < 4.78 is 30.5. The van der Waals surface area contributed by atoms with Crippen molar-refractivity contribution in [1.82, 2.24) is 4.72 Å². The number of sulfonamides is 1. The second-order valence-corrected chi connectivity index (χ2v) is 4.51. The number of hydrogen-bond acceptors (Lipinski definition) is 4. The van der Waals surface area contributed by atoms with Crippen molar-refractivity contribution in [3.8, 4) is 5.75 Å². The van der Waals surface area contributed by atoms with Crippen LogP contribution in [-0.4, -0.2) is 33.8 Å². The zero-order valence-corrected chi connectivity index (χ0v) is 9.12. The van der Waals surface area contributed by atoms with E-state index in [-0.39, 0.29) is 23.8 Å². The average Bonchev–Trinajstić information content (AvgIpc) is 2.26. The summed E-state index contributed by atoms with van der Waals surface area (Å²) in [6, 6.07) is 6.30. The Morgan fingerprint density at radius 1 is 1.40 bits per heavy atom. The van der Waals surface area contributed by atoms with Crippen molar-refractivity contribution in [2.24, 2.45) is 0 Å². The lowest BCUT2D eigenvalue weighted by atomic mass is 10.3. The highest BCUT2D eigenvalue weighted by Crippen LogP contribution is 2.22. The molecular weight excluding hydrogens is 218 g/mol. The quantitative estimate of drug-likeness (QED) is 0.746. The van der Waals surface area contributed by atoms with E-state index in [1.165, 1.54) is 13.2 Å². The molecule has 1 aromatic rings. The molecule has 2 N–H and O–H groups in total. The average molecular weight is 231 g/mol. The molecule has 0 radical (unpaired) electrons. The normalized spacial score (nSPS) is 11.3. The summed E-state index contributed by atoms with van der Waals surface area (Å²) in [7, 11) is -2.20. The summed E-state index contributed by atoms with van der Waals surface area (Å²) >= 11 is 0. The Balaban J connectivity index is 3.04. The van der Waals surface area contributed by atoms with Gasteiger partial charge in [-0.3, -0.25) is 0 Å². The highest BCUT2D eigenvalue weighted by Gasteiger charge is 2.17. The third-order valence-electron chi connectivity index (χ3n) is 1.76.